The average molecular weight is 246 g/mol. The highest BCUT2D eigenvalue weighted by atomic mass is 19.4. The summed E-state index contributed by atoms with van der Waals surface area (Å²) in [6.07, 6.45) is -2.36. The van der Waals surface area contributed by atoms with Gasteiger partial charge in [0.2, 0.25) is 0 Å². The monoisotopic (exact) mass is 246 g/mol. The van der Waals surface area contributed by atoms with Crippen molar-refractivity contribution < 1.29 is 13.2 Å². The van der Waals surface area contributed by atoms with E-state index >= 15 is 0 Å². The molecule has 1 N–H and O–H groups in total. The Hall–Kier alpha value is -1.10. The minimum atomic E-state index is -4.31. The molecule has 0 aromatic carbocycles. The summed E-state index contributed by atoms with van der Waals surface area (Å²) in [5, 5.41) is 3.17. The maximum absolute atomic E-state index is 12.3. The fourth-order valence-corrected chi connectivity index (χ4v) is 1.29. The number of halogens is 3. The molecule has 96 valence electrons. The fraction of sp³-hybridized carbons (Fsp3) is 0.583. The first-order chi connectivity index (χ1) is 7.93. The van der Waals surface area contributed by atoms with E-state index in [0.29, 0.717) is 18.2 Å². The van der Waals surface area contributed by atoms with Gasteiger partial charge in [0.05, 0.1) is 11.3 Å². The summed E-state index contributed by atoms with van der Waals surface area (Å²) < 4.78 is 36.8. The summed E-state index contributed by atoms with van der Waals surface area (Å²) in [6.45, 7) is 5.57. The van der Waals surface area contributed by atoms with Gasteiger partial charge in [0.15, 0.2) is 0 Å². The Balaban J connectivity index is 2.46. The molecule has 2 nitrogen and oxygen atoms in total. The minimum absolute atomic E-state index is 0.502. The highest BCUT2D eigenvalue weighted by molar-refractivity contribution is 5.16. The van der Waals surface area contributed by atoms with Crippen LogP contribution >= 0.6 is 0 Å². The zero-order chi connectivity index (χ0) is 12.9. The fourth-order valence-electron chi connectivity index (χ4n) is 1.29. The van der Waals surface area contributed by atoms with Crippen LogP contribution in [0.15, 0.2) is 18.3 Å². The van der Waals surface area contributed by atoms with E-state index in [9.17, 15) is 13.2 Å². The number of rotatable bonds is 5. The Labute approximate surface area is 99.3 Å². The maximum Gasteiger partial charge on any atom is 0.417 e. The topological polar surface area (TPSA) is 24.9 Å². The van der Waals surface area contributed by atoms with Crippen LogP contribution in [-0.4, -0.2) is 11.5 Å². The minimum Gasteiger partial charge on any atom is -0.311 e. The van der Waals surface area contributed by atoms with Crippen molar-refractivity contribution in [2.75, 3.05) is 6.54 Å². The van der Waals surface area contributed by atoms with Crippen LogP contribution in [0.4, 0.5) is 13.2 Å². The summed E-state index contributed by atoms with van der Waals surface area (Å²) >= 11 is 0. The van der Waals surface area contributed by atoms with Gasteiger partial charge in [-0.15, -0.1) is 0 Å². The number of nitrogens with zero attached hydrogens (tertiary/aromatic N) is 1. The van der Waals surface area contributed by atoms with Gasteiger partial charge in [-0.05, 0) is 24.6 Å². The molecular weight excluding hydrogens is 229 g/mol. The zero-order valence-electron chi connectivity index (χ0n) is 10.0. The van der Waals surface area contributed by atoms with Crippen molar-refractivity contribution in [2.45, 2.75) is 33.0 Å². The molecule has 1 heterocycles. The molecule has 0 saturated carbocycles. The number of alkyl halides is 3. The largest absolute Gasteiger partial charge is 0.417 e. The van der Waals surface area contributed by atoms with E-state index in [-0.39, 0.29) is 0 Å². The van der Waals surface area contributed by atoms with Crippen LogP contribution in [0.5, 0.6) is 0 Å². The summed E-state index contributed by atoms with van der Waals surface area (Å²) in [4.78, 5) is 3.79. The Bertz CT molecular complexity index is 333. The van der Waals surface area contributed by atoms with Gasteiger partial charge in [-0.1, -0.05) is 20.3 Å². The van der Waals surface area contributed by atoms with E-state index in [1.807, 2.05) is 0 Å². The molecule has 1 rings (SSSR count). The SMILES string of the molecule is CCC(C)CNCc1ccc(C(F)(F)F)cn1. The first kappa shape index (κ1) is 14.0. The van der Waals surface area contributed by atoms with Gasteiger partial charge >= 0.3 is 6.18 Å². The van der Waals surface area contributed by atoms with Crippen LogP contribution in [0.1, 0.15) is 31.5 Å². The average Bonchev–Trinajstić information content (AvgIpc) is 2.28. The number of aromatic nitrogens is 1. The molecular formula is C12H17F3N2. The third kappa shape index (κ3) is 4.73. The van der Waals surface area contributed by atoms with E-state index in [1.165, 1.54) is 6.07 Å². The molecule has 1 aromatic rings. The first-order valence-electron chi connectivity index (χ1n) is 5.66. The Morgan fingerprint density at radius 3 is 2.53 bits per heavy atom. The van der Waals surface area contributed by atoms with Gasteiger partial charge in [-0.25, -0.2) is 0 Å². The van der Waals surface area contributed by atoms with Crippen LogP contribution < -0.4 is 5.32 Å². The van der Waals surface area contributed by atoms with E-state index in [2.05, 4.69) is 24.1 Å². The number of hydrogen-bond acceptors (Lipinski definition) is 2. The zero-order valence-corrected chi connectivity index (χ0v) is 10.0. The quantitative estimate of drug-likeness (QED) is 0.862. The highest BCUT2D eigenvalue weighted by Crippen LogP contribution is 2.28. The summed E-state index contributed by atoms with van der Waals surface area (Å²) in [7, 11) is 0. The lowest BCUT2D eigenvalue weighted by Crippen LogP contribution is -2.21. The number of hydrogen-bond donors (Lipinski definition) is 1. The molecule has 1 unspecified atom stereocenters. The van der Waals surface area contributed by atoms with E-state index < -0.39 is 11.7 Å². The van der Waals surface area contributed by atoms with Gasteiger partial charge < -0.3 is 5.32 Å². The molecule has 5 heteroatoms. The lowest BCUT2D eigenvalue weighted by atomic mass is 10.1. The predicted octanol–water partition coefficient (Wildman–Crippen LogP) is 3.24. The van der Waals surface area contributed by atoms with E-state index in [4.69, 9.17) is 0 Å². The van der Waals surface area contributed by atoms with Gasteiger partial charge in [0.1, 0.15) is 0 Å². The third-order valence-electron chi connectivity index (χ3n) is 2.65. The normalized spacial score (nSPS) is 13.7. The van der Waals surface area contributed by atoms with E-state index in [0.717, 1.165) is 25.2 Å². The number of nitrogens with one attached hydrogen (secondary N) is 1. The molecule has 0 saturated heterocycles. The molecule has 1 atom stereocenters. The van der Waals surface area contributed by atoms with Crippen molar-refractivity contribution in [3.63, 3.8) is 0 Å². The third-order valence-corrected chi connectivity index (χ3v) is 2.65. The second kappa shape index (κ2) is 6.00. The molecule has 0 spiro atoms. The molecule has 0 fully saturated rings. The van der Waals surface area contributed by atoms with Gasteiger partial charge in [-0.2, -0.15) is 13.2 Å². The van der Waals surface area contributed by atoms with Crippen LogP contribution in [0.2, 0.25) is 0 Å². The Morgan fingerprint density at radius 1 is 1.35 bits per heavy atom. The molecule has 0 aliphatic heterocycles. The second-order valence-electron chi connectivity index (χ2n) is 4.18. The van der Waals surface area contributed by atoms with Gasteiger partial charge in [0.25, 0.3) is 0 Å². The molecule has 0 bridgehead atoms. The lowest BCUT2D eigenvalue weighted by Gasteiger charge is -2.10. The summed E-state index contributed by atoms with van der Waals surface area (Å²) in [5.41, 5.74) is -0.0792. The lowest BCUT2D eigenvalue weighted by molar-refractivity contribution is -0.137. The van der Waals surface area contributed by atoms with Crippen molar-refractivity contribution in [1.29, 1.82) is 0 Å². The molecule has 0 aliphatic carbocycles. The van der Waals surface area contributed by atoms with Crippen LogP contribution in [-0.2, 0) is 12.7 Å². The van der Waals surface area contributed by atoms with Crippen LogP contribution in [0, 0.1) is 5.92 Å². The van der Waals surface area contributed by atoms with Crippen molar-refractivity contribution in [2.24, 2.45) is 5.92 Å². The first-order valence-corrected chi connectivity index (χ1v) is 5.66. The highest BCUT2D eigenvalue weighted by Gasteiger charge is 2.30. The smallest absolute Gasteiger partial charge is 0.311 e. The molecule has 0 amide bonds. The predicted molar refractivity (Wildman–Crippen MR) is 60.4 cm³/mol. The molecule has 0 aliphatic rings. The summed E-state index contributed by atoms with van der Waals surface area (Å²) in [5.74, 6) is 0.560. The van der Waals surface area contributed by atoms with Crippen LogP contribution in [0.3, 0.4) is 0 Å². The summed E-state index contributed by atoms with van der Waals surface area (Å²) in [6, 6.07) is 2.47. The van der Waals surface area contributed by atoms with Crippen molar-refractivity contribution in [3.05, 3.63) is 29.6 Å². The van der Waals surface area contributed by atoms with Crippen molar-refractivity contribution >= 4 is 0 Å². The number of pyridine rings is 1. The molecule has 0 radical (unpaired) electrons. The Kier molecular flexibility index (Phi) is 4.93. The van der Waals surface area contributed by atoms with Crippen LogP contribution in [0.25, 0.3) is 0 Å². The maximum atomic E-state index is 12.3. The standard InChI is InChI=1S/C12H17F3N2/c1-3-9(2)6-16-8-11-5-4-10(7-17-11)12(13,14)15/h4-5,7,9,16H,3,6,8H2,1-2H3. The second-order valence-corrected chi connectivity index (χ2v) is 4.18. The van der Waals surface area contributed by atoms with Gasteiger partial charge in [-0.3, -0.25) is 4.98 Å². The van der Waals surface area contributed by atoms with E-state index in [1.54, 1.807) is 0 Å². The van der Waals surface area contributed by atoms with Crippen molar-refractivity contribution in [3.8, 4) is 0 Å². The van der Waals surface area contributed by atoms with Gasteiger partial charge in [0, 0.05) is 12.7 Å². The van der Waals surface area contributed by atoms with Crippen molar-refractivity contribution in [1.82, 2.24) is 10.3 Å². The molecule has 17 heavy (non-hydrogen) atoms. The Morgan fingerprint density at radius 2 is 2.06 bits per heavy atom. The molecule has 1 aromatic heterocycles.